The summed E-state index contributed by atoms with van der Waals surface area (Å²) in [6, 6.07) is 4.58. The summed E-state index contributed by atoms with van der Waals surface area (Å²) in [6.45, 7) is 6.88. The molecule has 2 aliphatic heterocycles. The number of ether oxygens (including phenoxy) is 2. The van der Waals surface area contributed by atoms with E-state index in [9.17, 15) is 0 Å². The number of hydrogen-bond acceptors (Lipinski definition) is 4. The van der Waals surface area contributed by atoms with E-state index < -0.39 is 0 Å². The zero-order valence-corrected chi connectivity index (χ0v) is 12.4. The first-order chi connectivity index (χ1) is 9.78. The largest absolute Gasteiger partial charge is 0.490 e. The third-order valence-electron chi connectivity index (χ3n) is 4.26. The Labute approximate surface area is 128 Å². The minimum absolute atomic E-state index is 0. The monoisotopic (exact) mass is 292 g/mol. The van der Waals surface area contributed by atoms with Crippen LogP contribution in [0, 0.1) is 0 Å². The van der Waals surface area contributed by atoms with Gasteiger partial charge in [0.2, 0.25) is 0 Å². The van der Waals surface area contributed by atoms with Gasteiger partial charge in [-0.25, -0.2) is 0 Å². The Balaban J connectivity index is 0.00000161. The van der Waals surface area contributed by atoms with Gasteiger partial charge in [-0.1, -0.05) is 7.43 Å². The molecular formula is C17H28N2O2. The molecule has 1 N–H and O–H groups in total. The van der Waals surface area contributed by atoms with E-state index in [1.54, 1.807) is 7.11 Å². The normalized spacial score (nSPS) is 18.7. The molecule has 0 amide bonds. The number of nitrogens with zero attached hydrogens (tertiary/aromatic N) is 1. The minimum atomic E-state index is 0. The molecule has 0 aliphatic carbocycles. The molecule has 1 atom stereocenters. The standard InChI is InChI=1S/C16H24N2O2.CH4/c1-12(19-2)11-18-7-8-20-16-10-14-4-6-17-5-3-13(14)9-15(16)18;/h9-10,12,17H,3-8,11H2,1-2H3;1H4/t12-;/m1./s1. The summed E-state index contributed by atoms with van der Waals surface area (Å²) < 4.78 is 11.3. The lowest BCUT2D eigenvalue weighted by atomic mass is 10.0. The highest BCUT2D eigenvalue weighted by molar-refractivity contribution is 5.63. The van der Waals surface area contributed by atoms with Crippen molar-refractivity contribution in [2.45, 2.75) is 33.3 Å². The predicted octanol–water partition coefficient (Wildman–Crippen LogP) is 2.24. The molecule has 0 radical (unpaired) electrons. The minimum Gasteiger partial charge on any atom is -0.490 e. The second-order valence-corrected chi connectivity index (χ2v) is 5.68. The van der Waals surface area contributed by atoms with Gasteiger partial charge in [0.05, 0.1) is 18.3 Å². The van der Waals surface area contributed by atoms with Crippen molar-refractivity contribution < 1.29 is 9.47 Å². The summed E-state index contributed by atoms with van der Waals surface area (Å²) >= 11 is 0. The fourth-order valence-corrected chi connectivity index (χ4v) is 3.01. The molecule has 0 spiro atoms. The van der Waals surface area contributed by atoms with Crippen LogP contribution in [0.15, 0.2) is 12.1 Å². The number of anilines is 1. The predicted molar refractivity (Wildman–Crippen MR) is 87.6 cm³/mol. The molecular weight excluding hydrogens is 264 g/mol. The molecule has 1 aromatic carbocycles. The van der Waals surface area contributed by atoms with Crippen LogP contribution in [0.25, 0.3) is 0 Å². The van der Waals surface area contributed by atoms with Crippen molar-refractivity contribution in [1.29, 1.82) is 0 Å². The Morgan fingerprint density at radius 2 is 2.00 bits per heavy atom. The summed E-state index contributed by atoms with van der Waals surface area (Å²) in [4.78, 5) is 2.39. The van der Waals surface area contributed by atoms with Crippen LogP contribution >= 0.6 is 0 Å². The van der Waals surface area contributed by atoms with E-state index >= 15 is 0 Å². The molecule has 0 saturated heterocycles. The van der Waals surface area contributed by atoms with Crippen LogP contribution in [-0.2, 0) is 17.6 Å². The number of hydrogen-bond donors (Lipinski definition) is 1. The molecule has 2 heterocycles. The maximum atomic E-state index is 5.87. The molecule has 3 rings (SSSR count). The molecule has 0 unspecified atom stereocenters. The summed E-state index contributed by atoms with van der Waals surface area (Å²) in [7, 11) is 1.77. The summed E-state index contributed by atoms with van der Waals surface area (Å²) in [5.41, 5.74) is 4.14. The molecule has 21 heavy (non-hydrogen) atoms. The van der Waals surface area contributed by atoms with Crippen molar-refractivity contribution in [3.05, 3.63) is 23.3 Å². The van der Waals surface area contributed by atoms with Crippen LogP contribution < -0.4 is 15.0 Å². The molecule has 0 saturated carbocycles. The molecule has 0 aromatic heterocycles. The zero-order chi connectivity index (χ0) is 13.9. The van der Waals surface area contributed by atoms with Crippen LogP contribution in [0.3, 0.4) is 0 Å². The van der Waals surface area contributed by atoms with Crippen molar-refractivity contribution in [1.82, 2.24) is 5.32 Å². The maximum Gasteiger partial charge on any atom is 0.142 e. The summed E-state index contributed by atoms with van der Waals surface area (Å²) in [6.07, 6.45) is 2.44. The van der Waals surface area contributed by atoms with E-state index in [0.717, 1.165) is 51.4 Å². The fraction of sp³-hybridized carbons (Fsp3) is 0.647. The van der Waals surface area contributed by atoms with Gasteiger partial charge in [-0.2, -0.15) is 0 Å². The lowest BCUT2D eigenvalue weighted by molar-refractivity contribution is 0.121. The molecule has 4 nitrogen and oxygen atoms in total. The van der Waals surface area contributed by atoms with Crippen molar-refractivity contribution in [2.75, 3.05) is 44.8 Å². The summed E-state index contributed by atoms with van der Waals surface area (Å²) in [5.74, 6) is 1.04. The Morgan fingerprint density at radius 1 is 1.29 bits per heavy atom. The highest BCUT2D eigenvalue weighted by Crippen LogP contribution is 2.35. The van der Waals surface area contributed by atoms with Crippen LogP contribution in [-0.4, -0.2) is 46.0 Å². The molecule has 1 aromatic rings. The van der Waals surface area contributed by atoms with Crippen LogP contribution in [0.4, 0.5) is 5.69 Å². The van der Waals surface area contributed by atoms with Gasteiger partial charge in [0.1, 0.15) is 12.4 Å². The van der Waals surface area contributed by atoms with Crippen molar-refractivity contribution in [2.24, 2.45) is 0 Å². The average molecular weight is 292 g/mol. The van der Waals surface area contributed by atoms with E-state index in [0.29, 0.717) is 0 Å². The van der Waals surface area contributed by atoms with Crippen molar-refractivity contribution in [3.8, 4) is 5.75 Å². The van der Waals surface area contributed by atoms with Gasteiger partial charge in [-0.3, -0.25) is 0 Å². The van der Waals surface area contributed by atoms with E-state index in [2.05, 4.69) is 29.3 Å². The number of fused-ring (bicyclic) bond motifs is 2. The van der Waals surface area contributed by atoms with E-state index in [1.165, 1.54) is 16.8 Å². The Morgan fingerprint density at radius 3 is 2.71 bits per heavy atom. The molecule has 2 aliphatic rings. The molecule has 118 valence electrons. The fourth-order valence-electron chi connectivity index (χ4n) is 3.01. The van der Waals surface area contributed by atoms with Gasteiger partial charge in [0.15, 0.2) is 0 Å². The number of methoxy groups -OCH3 is 1. The number of rotatable bonds is 3. The highest BCUT2D eigenvalue weighted by atomic mass is 16.5. The lowest BCUT2D eigenvalue weighted by Crippen LogP contribution is -2.38. The third-order valence-corrected chi connectivity index (χ3v) is 4.26. The maximum absolute atomic E-state index is 5.87. The summed E-state index contributed by atoms with van der Waals surface area (Å²) in [5, 5.41) is 3.46. The second-order valence-electron chi connectivity index (χ2n) is 5.68. The van der Waals surface area contributed by atoms with E-state index in [1.807, 2.05) is 0 Å². The van der Waals surface area contributed by atoms with E-state index in [-0.39, 0.29) is 13.5 Å². The third kappa shape index (κ3) is 3.50. The van der Waals surface area contributed by atoms with Gasteiger partial charge in [-0.05, 0) is 56.1 Å². The van der Waals surface area contributed by atoms with Gasteiger partial charge in [0, 0.05) is 13.7 Å². The smallest absolute Gasteiger partial charge is 0.142 e. The molecule has 4 heteroatoms. The number of benzene rings is 1. The zero-order valence-electron chi connectivity index (χ0n) is 12.4. The van der Waals surface area contributed by atoms with Crippen molar-refractivity contribution in [3.63, 3.8) is 0 Å². The number of nitrogens with one attached hydrogen (secondary N) is 1. The van der Waals surface area contributed by atoms with Crippen LogP contribution in [0.1, 0.15) is 25.5 Å². The Hall–Kier alpha value is -1.26. The van der Waals surface area contributed by atoms with E-state index in [4.69, 9.17) is 9.47 Å². The lowest BCUT2D eigenvalue weighted by Gasteiger charge is -2.33. The Bertz CT molecular complexity index is 476. The second kappa shape index (κ2) is 7.14. The topological polar surface area (TPSA) is 33.7 Å². The first-order valence-corrected chi connectivity index (χ1v) is 7.55. The van der Waals surface area contributed by atoms with Gasteiger partial charge in [0.25, 0.3) is 0 Å². The van der Waals surface area contributed by atoms with Crippen LogP contribution in [0.2, 0.25) is 0 Å². The molecule has 0 bridgehead atoms. The van der Waals surface area contributed by atoms with Gasteiger partial charge < -0.3 is 19.7 Å². The van der Waals surface area contributed by atoms with Gasteiger partial charge >= 0.3 is 0 Å². The van der Waals surface area contributed by atoms with Crippen LogP contribution in [0.5, 0.6) is 5.75 Å². The average Bonchev–Trinajstić information content (AvgIpc) is 2.70. The highest BCUT2D eigenvalue weighted by Gasteiger charge is 2.22. The SMILES string of the molecule is C.CO[C@H](C)CN1CCOc2cc3c(cc21)CCNCC3. The quantitative estimate of drug-likeness (QED) is 0.926. The van der Waals surface area contributed by atoms with Crippen molar-refractivity contribution >= 4 is 5.69 Å². The first-order valence-electron chi connectivity index (χ1n) is 7.55. The first kappa shape index (κ1) is 16.1. The Kier molecular flexibility index (Phi) is 5.48. The molecule has 0 fully saturated rings. The van der Waals surface area contributed by atoms with Gasteiger partial charge in [-0.15, -0.1) is 0 Å².